The Morgan fingerprint density at radius 2 is 1.50 bits per heavy atom. The van der Waals surface area contributed by atoms with Crippen LogP contribution in [0.25, 0.3) is 21.4 Å². The van der Waals surface area contributed by atoms with E-state index in [9.17, 15) is 24.0 Å². The van der Waals surface area contributed by atoms with Gasteiger partial charge >= 0.3 is 17.6 Å². The summed E-state index contributed by atoms with van der Waals surface area (Å²) < 4.78 is 24.2. The van der Waals surface area contributed by atoms with Gasteiger partial charge in [-0.25, -0.2) is 14.4 Å². The second-order valence-corrected chi connectivity index (χ2v) is 16.2. The van der Waals surface area contributed by atoms with Crippen molar-refractivity contribution in [3.63, 3.8) is 0 Å². The molecule has 0 aliphatic carbocycles. The average molecular weight is 868 g/mol. The normalized spacial score (nSPS) is 15.9. The van der Waals surface area contributed by atoms with Crippen molar-refractivity contribution in [2.45, 2.75) is 16.9 Å². The van der Waals surface area contributed by atoms with Gasteiger partial charge < -0.3 is 28.4 Å². The van der Waals surface area contributed by atoms with Gasteiger partial charge in [0, 0.05) is 93.2 Å². The number of piperazine rings is 1. The highest BCUT2D eigenvalue weighted by Gasteiger charge is 2.53. The highest BCUT2D eigenvalue weighted by atomic mass is 32.2. The SMILES string of the molecule is [N-]=[N+]=Nc1ccc2c(CC(=O)N3CCN(c4ccc5c(c4)Oc4cc(OC(=O)c6ccccc6SC(=O)c6ccccc6)ccc4C54OC(=O)c5ccccc54)CC3)cc(=O)oc2c1. The van der Waals surface area contributed by atoms with Gasteiger partial charge in [-0.1, -0.05) is 77.9 Å². The van der Waals surface area contributed by atoms with Crippen LogP contribution < -0.4 is 20.0 Å². The number of hydrogen-bond acceptors (Lipinski definition) is 12. The van der Waals surface area contributed by atoms with Crippen LogP contribution in [0.1, 0.15) is 53.3 Å². The molecule has 10 rings (SSSR count). The molecule has 1 unspecified atom stereocenters. The largest absolute Gasteiger partial charge is 0.456 e. The minimum absolute atomic E-state index is 0.0198. The summed E-state index contributed by atoms with van der Waals surface area (Å²) in [5.74, 6) is -0.399. The van der Waals surface area contributed by atoms with Crippen LogP contribution in [0.4, 0.5) is 11.4 Å². The topological polar surface area (TPSA) is 181 Å². The summed E-state index contributed by atoms with van der Waals surface area (Å²) in [6, 6.07) is 39.4. The predicted octanol–water partition coefficient (Wildman–Crippen LogP) is 9.35. The molecule has 1 atom stereocenters. The number of fused-ring (bicyclic) bond motifs is 7. The number of azide groups is 1. The number of esters is 2. The lowest BCUT2D eigenvalue weighted by atomic mass is 9.77. The van der Waals surface area contributed by atoms with Crippen LogP contribution in [0.3, 0.4) is 0 Å². The molecule has 64 heavy (non-hydrogen) atoms. The van der Waals surface area contributed by atoms with E-state index in [4.69, 9.17) is 24.2 Å². The van der Waals surface area contributed by atoms with E-state index >= 15 is 0 Å². The first kappa shape index (κ1) is 40.0. The molecule has 0 bridgehead atoms. The summed E-state index contributed by atoms with van der Waals surface area (Å²) in [6.45, 7) is 1.81. The van der Waals surface area contributed by atoms with Crippen LogP contribution in [0.5, 0.6) is 17.2 Å². The van der Waals surface area contributed by atoms with Gasteiger partial charge in [-0.2, -0.15) is 0 Å². The minimum Gasteiger partial charge on any atom is -0.456 e. The summed E-state index contributed by atoms with van der Waals surface area (Å²) in [7, 11) is 0. The minimum atomic E-state index is -1.37. The van der Waals surface area contributed by atoms with E-state index in [-0.39, 0.29) is 40.0 Å². The van der Waals surface area contributed by atoms with E-state index in [2.05, 4.69) is 14.9 Å². The Bertz CT molecular complexity index is 3200. The number of anilines is 1. The maximum atomic E-state index is 13.7. The summed E-state index contributed by atoms with van der Waals surface area (Å²) in [5, 5.41) is 3.93. The molecule has 3 aliphatic heterocycles. The summed E-state index contributed by atoms with van der Waals surface area (Å²) in [5.41, 5.74) is 11.6. The second-order valence-electron chi connectivity index (χ2n) is 15.2. The molecular formula is C49H33N5O9S. The second kappa shape index (κ2) is 16.3. The Labute approximate surface area is 368 Å². The molecule has 1 aromatic heterocycles. The monoisotopic (exact) mass is 867 g/mol. The molecular weight excluding hydrogens is 835 g/mol. The Balaban J connectivity index is 0.905. The first-order valence-electron chi connectivity index (χ1n) is 20.2. The van der Waals surface area contributed by atoms with Crippen LogP contribution >= 0.6 is 11.8 Å². The first-order chi connectivity index (χ1) is 31.2. The number of carbonyl (C=O) groups excluding carboxylic acids is 4. The number of thioether (sulfide) groups is 1. The Morgan fingerprint density at radius 3 is 2.31 bits per heavy atom. The fourth-order valence-corrected chi connectivity index (χ4v) is 9.35. The van der Waals surface area contributed by atoms with Crippen LogP contribution in [-0.4, -0.2) is 54.0 Å². The molecule has 1 spiro atoms. The number of hydrogen-bond donors (Lipinski definition) is 0. The molecule has 7 aromatic rings. The molecule has 0 saturated carbocycles. The van der Waals surface area contributed by atoms with E-state index in [1.54, 1.807) is 95.9 Å². The third-order valence-corrected chi connectivity index (χ3v) is 12.5. The lowest BCUT2D eigenvalue weighted by Crippen LogP contribution is -2.49. The van der Waals surface area contributed by atoms with Gasteiger partial charge in [-0.05, 0) is 71.4 Å². The van der Waals surface area contributed by atoms with Gasteiger partial charge in [-0.3, -0.25) is 9.59 Å². The smallest absolute Gasteiger partial charge is 0.344 e. The van der Waals surface area contributed by atoms with Gasteiger partial charge in [0.05, 0.1) is 17.5 Å². The lowest BCUT2D eigenvalue weighted by molar-refractivity contribution is -0.130. The van der Waals surface area contributed by atoms with Gasteiger partial charge in [0.25, 0.3) is 0 Å². The average Bonchev–Trinajstić information content (AvgIpc) is 3.60. The zero-order valence-corrected chi connectivity index (χ0v) is 34.4. The molecule has 4 heterocycles. The van der Waals surface area contributed by atoms with E-state index < -0.39 is 23.2 Å². The highest BCUT2D eigenvalue weighted by molar-refractivity contribution is 8.14. The maximum Gasteiger partial charge on any atom is 0.344 e. The molecule has 0 radical (unpaired) electrons. The highest BCUT2D eigenvalue weighted by Crippen LogP contribution is 2.57. The fourth-order valence-electron chi connectivity index (χ4n) is 8.49. The van der Waals surface area contributed by atoms with Crippen LogP contribution in [0.15, 0.2) is 159 Å². The van der Waals surface area contributed by atoms with Crippen molar-refractivity contribution in [3.8, 4) is 17.2 Å². The molecule has 3 aliphatic rings. The van der Waals surface area contributed by atoms with Crippen LogP contribution in [-0.2, 0) is 21.6 Å². The number of benzene rings is 6. The van der Waals surface area contributed by atoms with E-state index in [1.165, 1.54) is 12.1 Å². The van der Waals surface area contributed by atoms with E-state index in [0.717, 1.165) is 17.4 Å². The zero-order valence-electron chi connectivity index (χ0n) is 33.6. The number of ether oxygens (including phenoxy) is 3. The van der Waals surface area contributed by atoms with Crippen molar-refractivity contribution in [1.29, 1.82) is 0 Å². The number of amides is 1. The van der Waals surface area contributed by atoms with Crippen molar-refractivity contribution in [1.82, 2.24) is 4.90 Å². The van der Waals surface area contributed by atoms with Crippen molar-refractivity contribution >= 4 is 57.1 Å². The van der Waals surface area contributed by atoms with Crippen molar-refractivity contribution in [2.24, 2.45) is 5.11 Å². The van der Waals surface area contributed by atoms with Gasteiger partial charge in [-0.15, -0.1) is 0 Å². The number of carbonyl (C=O) groups is 4. The molecule has 6 aromatic carbocycles. The van der Waals surface area contributed by atoms with Crippen molar-refractivity contribution < 1.29 is 37.8 Å². The number of rotatable bonds is 8. The van der Waals surface area contributed by atoms with Crippen LogP contribution in [0.2, 0.25) is 0 Å². The lowest BCUT2D eigenvalue weighted by Gasteiger charge is -2.39. The van der Waals surface area contributed by atoms with E-state index in [0.29, 0.717) is 81.3 Å². The third-order valence-electron chi connectivity index (χ3n) is 11.5. The Morgan fingerprint density at radius 1 is 0.766 bits per heavy atom. The summed E-state index contributed by atoms with van der Waals surface area (Å²) in [4.78, 5) is 73.4. The van der Waals surface area contributed by atoms with Crippen LogP contribution in [0, 0.1) is 0 Å². The van der Waals surface area contributed by atoms with Gasteiger partial charge in [0.1, 0.15) is 22.8 Å². The standard InChI is InChI=1S/C49H33N5O9S/c50-52-51-31-14-17-34-30(25-45(56)62-40(34)26-31)24-44(55)54-22-20-53(21-23-54)32-15-18-38-41(27-32)61-42-28-33(16-19-39(42)49(38)37-12-6-4-10-35(37)47(58)63-49)60-46(57)36-11-5-7-13-43(36)64-48(59)29-8-2-1-3-9-29/h1-19,25-28H,20-24H2. The van der Waals surface area contributed by atoms with Crippen molar-refractivity contribution in [2.75, 3.05) is 31.1 Å². The molecule has 1 amide bonds. The third kappa shape index (κ3) is 7.17. The summed E-state index contributed by atoms with van der Waals surface area (Å²) >= 11 is 0.940. The first-order valence-corrected chi connectivity index (χ1v) is 21.0. The molecule has 1 fully saturated rings. The van der Waals surface area contributed by atoms with E-state index in [1.807, 2.05) is 36.4 Å². The molecule has 1 saturated heterocycles. The molecule has 15 heteroatoms. The van der Waals surface area contributed by atoms with Gasteiger partial charge in [0.15, 0.2) is 5.60 Å². The Hall–Kier alpha value is -8.13. The zero-order chi connectivity index (χ0) is 44.0. The quantitative estimate of drug-likeness (QED) is 0.0270. The molecule has 0 N–H and O–H groups in total. The molecule has 314 valence electrons. The predicted molar refractivity (Wildman–Crippen MR) is 237 cm³/mol. The number of nitrogens with zero attached hydrogens (tertiary/aromatic N) is 5. The molecule has 14 nitrogen and oxygen atoms in total. The van der Waals surface area contributed by atoms with Gasteiger partial charge in [0.2, 0.25) is 11.0 Å². The maximum absolute atomic E-state index is 13.7. The summed E-state index contributed by atoms with van der Waals surface area (Å²) in [6.07, 6.45) is -0.0198. The van der Waals surface area contributed by atoms with Crippen molar-refractivity contribution in [3.05, 3.63) is 199 Å². The fraction of sp³-hybridized carbons (Fsp3) is 0.122. The Kier molecular flexibility index (Phi) is 10.2.